The molecule has 0 aliphatic rings. The van der Waals surface area contributed by atoms with Gasteiger partial charge < -0.3 is 14.8 Å². The van der Waals surface area contributed by atoms with Crippen molar-refractivity contribution in [2.45, 2.75) is 6.54 Å². The number of thiophene rings is 1. The van der Waals surface area contributed by atoms with Gasteiger partial charge in [-0.3, -0.25) is 0 Å². The minimum atomic E-state index is -0.980. The summed E-state index contributed by atoms with van der Waals surface area (Å²) in [5, 5.41) is 14.0. The minimum Gasteiger partial charge on any atom is -0.478 e. The van der Waals surface area contributed by atoms with Crippen molar-refractivity contribution in [1.29, 1.82) is 0 Å². The van der Waals surface area contributed by atoms with E-state index in [1.54, 1.807) is 17.4 Å². The zero-order valence-electron chi connectivity index (χ0n) is 9.79. The van der Waals surface area contributed by atoms with E-state index in [1.165, 1.54) is 17.0 Å². The summed E-state index contributed by atoms with van der Waals surface area (Å²) in [5.41, 5.74) is 1.29. The number of carboxylic acid groups (broad SMARTS) is 1. The Balaban J connectivity index is 1.83. The Morgan fingerprint density at radius 1 is 1.42 bits per heavy atom. The van der Waals surface area contributed by atoms with Crippen LogP contribution in [0, 0.1) is 0 Å². The molecule has 0 radical (unpaired) electrons. The molecule has 6 heteroatoms. The fourth-order valence-corrected chi connectivity index (χ4v) is 2.35. The quantitative estimate of drug-likeness (QED) is 0.764. The van der Waals surface area contributed by atoms with E-state index in [1.807, 2.05) is 17.5 Å². The van der Waals surface area contributed by atoms with E-state index < -0.39 is 5.97 Å². The molecule has 2 aromatic heterocycles. The lowest BCUT2D eigenvalue weighted by atomic mass is 10.2. The molecule has 0 unspecified atom stereocenters. The minimum absolute atomic E-state index is 0.188. The number of nitrogens with one attached hydrogen (secondary N) is 1. The second-order valence-electron chi connectivity index (χ2n) is 3.94. The molecule has 0 bridgehead atoms. The van der Waals surface area contributed by atoms with E-state index in [9.17, 15) is 4.79 Å². The number of aromatic nitrogens is 1. The van der Waals surface area contributed by atoms with Crippen molar-refractivity contribution in [3.8, 4) is 0 Å². The number of hydrogen-bond acceptors (Lipinski definition) is 5. The highest BCUT2D eigenvalue weighted by Gasteiger charge is 2.09. The molecule has 3 rings (SSSR count). The molecule has 0 amide bonds. The number of aromatic carboxylic acids is 1. The standard InChI is InChI=1S/C13H10N2O3S/c16-12(17)8-3-4-10-11(6-8)18-13(15-10)14-7-9-2-1-5-19-9/h1-6H,7H2,(H,14,15)(H,16,17). The largest absolute Gasteiger partial charge is 0.478 e. The molecule has 0 aliphatic carbocycles. The van der Waals surface area contributed by atoms with Gasteiger partial charge in [0.15, 0.2) is 5.58 Å². The van der Waals surface area contributed by atoms with Crippen LogP contribution in [0.5, 0.6) is 0 Å². The molecule has 2 N–H and O–H groups in total. The summed E-state index contributed by atoms with van der Waals surface area (Å²) >= 11 is 1.65. The molecule has 5 nitrogen and oxygen atoms in total. The van der Waals surface area contributed by atoms with Gasteiger partial charge in [-0.25, -0.2) is 4.79 Å². The van der Waals surface area contributed by atoms with Crippen LogP contribution in [-0.4, -0.2) is 16.1 Å². The molecule has 0 atom stereocenters. The van der Waals surface area contributed by atoms with Crippen molar-refractivity contribution in [2.24, 2.45) is 0 Å². The molecule has 0 spiro atoms. The Bertz CT molecular complexity index is 719. The number of hydrogen-bond donors (Lipinski definition) is 2. The van der Waals surface area contributed by atoms with Gasteiger partial charge in [0.25, 0.3) is 6.01 Å². The van der Waals surface area contributed by atoms with Gasteiger partial charge in [0, 0.05) is 4.88 Å². The van der Waals surface area contributed by atoms with Crippen LogP contribution in [0.2, 0.25) is 0 Å². The summed E-state index contributed by atoms with van der Waals surface area (Å²) in [5.74, 6) is -0.980. The van der Waals surface area contributed by atoms with Gasteiger partial charge in [0.05, 0.1) is 12.1 Å². The summed E-state index contributed by atoms with van der Waals surface area (Å²) in [7, 11) is 0. The van der Waals surface area contributed by atoms with Gasteiger partial charge in [-0.15, -0.1) is 11.3 Å². The van der Waals surface area contributed by atoms with E-state index >= 15 is 0 Å². The lowest BCUT2D eigenvalue weighted by Gasteiger charge is -1.97. The fraction of sp³-hybridized carbons (Fsp3) is 0.0769. The second kappa shape index (κ2) is 4.74. The lowest BCUT2D eigenvalue weighted by molar-refractivity contribution is 0.0697. The summed E-state index contributed by atoms with van der Waals surface area (Å²) in [6, 6.07) is 9.01. The third kappa shape index (κ3) is 2.43. The van der Waals surface area contributed by atoms with Crippen molar-refractivity contribution in [3.05, 3.63) is 46.2 Å². The molecular weight excluding hydrogens is 264 g/mol. The zero-order valence-corrected chi connectivity index (χ0v) is 10.6. The molecule has 96 valence electrons. The maximum Gasteiger partial charge on any atom is 0.335 e. The maximum absolute atomic E-state index is 10.9. The summed E-state index contributed by atoms with van der Waals surface area (Å²) in [6.07, 6.45) is 0. The second-order valence-corrected chi connectivity index (χ2v) is 4.97. The number of rotatable bonds is 4. The Morgan fingerprint density at radius 2 is 2.32 bits per heavy atom. The number of fused-ring (bicyclic) bond motifs is 1. The maximum atomic E-state index is 10.9. The van der Waals surface area contributed by atoms with Crippen LogP contribution in [0.4, 0.5) is 6.01 Å². The average Bonchev–Trinajstić information content (AvgIpc) is 3.04. The number of oxazole rings is 1. The Kier molecular flexibility index (Phi) is 2.92. The number of anilines is 1. The van der Waals surface area contributed by atoms with Gasteiger partial charge in [0.1, 0.15) is 5.52 Å². The van der Waals surface area contributed by atoms with Crippen LogP contribution in [0.25, 0.3) is 11.1 Å². The van der Waals surface area contributed by atoms with Crippen LogP contribution in [0.15, 0.2) is 40.1 Å². The summed E-state index contributed by atoms with van der Waals surface area (Å²) < 4.78 is 5.48. The molecule has 1 aromatic carbocycles. The van der Waals surface area contributed by atoms with Crippen LogP contribution >= 0.6 is 11.3 Å². The molecular formula is C13H10N2O3S. The van der Waals surface area contributed by atoms with Crippen LogP contribution in [0.3, 0.4) is 0 Å². The third-order valence-electron chi connectivity index (χ3n) is 2.63. The predicted octanol–water partition coefficient (Wildman–Crippen LogP) is 3.20. The van der Waals surface area contributed by atoms with Crippen molar-refractivity contribution < 1.29 is 14.3 Å². The zero-order chi connectivity index (χ0) is 13.2. The van der Waals surface area contributed by atoms with Crippen molar-refractivity contribution in [1.82, 2.24) is 4.98 Å². The van der Waals surface area contributed by atoms with Gasteiger partial charge in [-0.1, -0.05) is 6.07 Å². The fourth-order valence-electron chi connectivity index (χ4n) is 1.71. The molecule has 0 saturated heterocycles. The number of carboxylic acids is 1. The van der Waals surface area contributed by atoms with E-state index in [4.69, 9.17) is 9.52 Å². The van der Waals surface area contributed by atoms with E-state index in [-0.39, 0.29) is 5.56 Å². The van der Waals surface area contributed by atoms with Gasteiger partial charge in [-0.2, -0.15) is 4.98 Å². The third-order valence-corrected chi connectivity index (χ3v) is 3.51. The lowest BCUT2D eigenvalue weighted by Crippen LogP contribution is -1.96. The predicted molar refractivity (Wildman–Crippen MR) is 72.6 cm³/mol. The number of carbonyl (C=O) groups is 1. The van der Waals surface area contributed by atoms with Crippen molar-refractivity contribution in [2.75, 3.05) is 5.32 Å². The average molecular weight is 274 g/mol. The molecule has 2 heterocycles. The SMILES string of the molecule is O=C(O)c1ccc2nc(NCc3cccs3)oc2c1. The van der Waals surface area contributed by atoms with Gasteiger partial charge in [0.2, 0.25) is 0 Å². The summed E-state index contributed by atoms with van der Waals surface area (Å²) in [6.45, 7) is 0.635. The van der Waals surface area contributed by atoms with Gasteiger partial charge >= 0.3 is 5.97 Å². The molecule has 0 saturated carbocycles. The van der Waals surface area contributed by atoms with E-state index in [0.717, 1.165) is 0 Å². The van der Waals surface area contributed by atoms with E-state index in [0.29, 0.717) is 23.7 Å². The first-order valence-electron chi connectivity index (χ1n) is 5.62. The van der Waals surface area contributed by atoms with Crippen LogP contribution < -0.4 is 5.32 Å². The van der Waals surface area contributed by atoms with Crippen LogP contribution in [0.1, 0.15) is 15.2 Å². The number of nitrogens with zero attached hydrogens (tertiary/aromatic N) is 1. The highest BCUT2D eigenvalue weighted by Crippen LogP contribution is 2.21. The van der Waals surface area contributed by atoms with Crippen LogP contribution in [-0.2, 0) is 6.54 Å². The number of benzene rings is 1. The highest BCUT2D eigenvalue weighted by atomic mass is 32.1. The molecule has 19 heavy (non-hydrogen) atoms. The Hall–Kier alpha value is -2.34. The highest BCUT2D eigenvalue weighted by molar-refractivity contribution is 7.09. The normalized spacial score (nSPS) is 10.7. The van der Waals surface area contributed by atoms with Crippen molar-refractivity contribution >= 4 is 34.4 Å². The smallest absolute Gasteiger partial charge is 0.335 e. The Morgan fingerprint density at radius 3 is 3.05 bits per heavy atom. The molecule has 3 aromatic rings. The first-order chi connectivity index (χ1) is 9.22. The first kappa shape index (κ1) is 11.7. The monoisotopic (exact) mass is 274 g/mol. The first-order valence-corrected chi connectivity index (χ1v) is 6.50. The van der Waals surface area contributed by atoms with E-state index in [2.05, 4.69) is 10.3 Å². The van der Waals surface area contributed by atoms with Crippen molar-refractivity contribution in [3.63, 3.8) is 0 Å². The molecule has 0 aliphatic heterocycles. The molecule has 0 fully saturated rings. The summed E-state index contributed by atoms with van der Waals surface area (Å²) in [4.78, 5) is 16.3. The van der Waals surface area contributed by atoms with Gasteiger partial charge in [-0.05, 0) is 29.6 Å². The topological polar surface area (TPSA) is 75.4 Å². The Labute approximate surface area is 112 Å².